The third kappa shape index (κ3) is 8.99. The van der Waals surface area contributed by atoms with Crippen LogP contribution in [0.5, 0.6) is 5.75 Å². The number of ether oxygens (including phenoxy) is 1. The predicted octanol–water partition coefficient (Wildman–Crippen LogP) is 7.97. The molecule has 4 rings (SSSR count). The van der Waals surface area contributed by atoms with E-state index >= 15 is 0 Å². The van der Waals surface area contributed by atoms with Gasteiger partial charge in [0.05, 0.1) is 11.9 Å². The van der Waals surface area contributed by atoms with Crippen LogP contribution in [0.1, 0.15) is 41.8 Å². The maximum atomic E-state index is 13.6. The zero-order valence-corrected chi connectivity index (χ0v) is 26.3. The molecule has 1 unspecified atom stereocenters. The Balaban J connectivity index is 1.53. The number of carbonyl (C=O) groups is 3. The minimum Gasteiger partial charge on any atom is -0.493 e. The fourth-order valence-corrected chi connectivity index (χ4v) is 5.40. The standard InChI is InChI=1S/C35H34ClN3O4S/c1-4-32(35(42)38-27-19-18-23(3)29(36)22-27)44-28-16-11-15-26(21-28)37-34(41)30(39-33(40)24-12-7-6-8-13-24)20-25-14-9-10-17-31(25)43-5-2/h6-22,32H,4-5H2,1-3H3,(H,37,41)(H,38,42)(H,39,40)/b30-20+. The van der Waals surface area contributed by atoms with Crippen LogP contribution < -0.4 is 20.7 Å². The summed E-state index contributed by atoms with van der Waals surface area (Å²) < 4.78 is 5.73. The van der Waals surface area contributed by atoms with Crippen molar-refractivity contribution in [2.75, 3.05) is 17.2 Å². The molecule has 0 aliphatic rings. The van der Waals surface area contributed by atoms with Crippen molar-refractivity contribution in [2.45, 2.75) is 37.3 Å². The lowest BCUT2D eigenvalue weighted by Crippen LogP contribution is -2.30. The second-order valence-electron chi connectivity index (χ2n) is 9.80. The Morgan fingerprint density at radius 1 is 0.864 bits per heavy atom. The summed E-state index contributed by atoms with van der Waals surface area (Å²) in [5.74, 6) is -0.487. The molecule has 226 valence electrons. The summed E-state index contributed by atoms with van der Waals surface area (Å²) in [5, 5.41) is 8.80. The summed E-state index contributed by atoms with van der Waals surface area (Å²) in [6.45, 7) is 6.17. The molecule has 3 N–H and O–H groups in total. The predicted molar refractivity (Wildman–Crippen MR) is 179 cm³/mol. The molecular weight excluding hydrogens is 594 g/mol. The second kappa shape index (κ2) is 15.8. The van der Waals surface area contributed by atoms with Gasteiger partial charge in [-0.2, -0.15) is 0 Å². The fraction of sp³-hybridized carbons (Fsp3) is 0.171. The summed E-state index contributed by atoms with van der Waals surface area (Å²) in [4.78, 5) is 40.5. The Morgan fingerprint density at radius 2 is 1.59 bits per heavy atom. The maximum Gasteiger partial charge on any atom is 0.272 e. The van der Waals surface area contributed by atoms with E-state index in [1.54, 1.807) is 60.7 Å². The van der Waals surface area contributed by atoms with E-state index in [2.05, 4.69) is 16.0 Å². The minimum absolute atomic E-state index is 0.0478. The van der Waals surface area contributed by atoms with Crippen LogP contribution in [0.3, 0.4) is 0 Å². The number of benzene rings is 4. The molecule has 0 saturated carbocycles. The van der Waals surface area contributed by atoms with E-state index in [9.17, 15) is 14.4 Å². The summed E-state index contributed by atoms with van der Waals surface area (Å²) in [7, 11) is 0. The van der Waals surface area contributed by atoms with Crippen molar-refractivity contribution in [1.82, 2.24) is 5.32 Å². The lowest BCUT2D eigenvalue weighted by molar-refractivity contribution is -0.116. The normalized spacial score (nSPS) is 11.8. The quantitative estimate of drug-likeness (QED) is 0.109. The van der Waals surface area contributed by atoms with Crippen molar-refractivity contribution in [3.8, 4) is 5.75 Å². The number of carbonyl (C=O) groups excluding carboxylic acids is 3. The Morgan fingerprint density at radius 3 is 2.32 bits per heavy atom. The summed E-state index contributed by atoms with van der Waals surface area (Å²) in [6.07, 6.45) is 2.18. The van der Waals surface area contributed by atoms with E-state index in [0.29, 0.717) is 46.3 Å². The molecule has 0 heterocycles. The van der Waals surface area contributed by atoms with E-state index < -0.39 is 11.8 Å². The van der Waals surface area contributed by atoms with Gasteiger partial charge >= 0.3 is 0 Å². The molecule has 4 aromatic rings. The number of thioether (sulfide) groups is 1. The Hall–Kier alpha value is -4.53. The van der Waals surface area contributed by atoms with Gasteiger partial charge in [0.25, 0.3) is 11.8 Å². The van der Waals surface area contributed by atoms with Crippen molar-refractivity contribution < 1.29 is 19.1 Å². The van der Waals surface area contributed by atoms with E-state index in [0.717, 1.165) is 10.5 Å². The van der Waals surface area contributed by atoms with Crippen LogP contribution in [0.2, 0.25) is 5.02 Å². The maximum absolute atomic E-state index is 13.6. The molecular formula is C35H34ClN3O4S. The number of hydrogen-bond donors (Lipinski definition) is 3. The lowest BCUT2D eigenvalue weighted by Gasteiger charge is -2.16. The highest BCUT2D eigenvalue weighted by atomic mass is 35.5. The van der Waals surface area contributed by atoms with Crippen LogP contribution in [0.25, 0.3) is 6.08 Å². The number of halogens is 1. The molecule has 0 aliphatic carbocycles. The SMILES string of the molecule is CCOc1ccccc1/C=C(/NC(=O)c1ccccc1)C(=O)Nc1cccc(SC(CC)C(=O)Nc2ccc(C)c(Cl)c2)c1. The van der Waals surface area contributed by atoms with Gasteiger partial charge in [-0.05, 0) is 80.4 Å². The number of aryl methyl sites for hydroxylation is 1. The molecule has 0 saturated heterocycles. The van der Waals surface area contributed by atoms with Gasteiger partial charge in [0.1, 0.15) is 11.4 Å². The molecule has 3 amide bonds. The Kier molecular flexibility index (Phi) is 11.6. The number of anilines is 2. The van der Waals surface area contributed by atoms with Crippen LogP contribution in [-0.2, 0) is 9.59 Å². The van der Waals surface area contributed by atoms with Crippen LogP contribution in [-0.4, -0.2) is 29.6 Å². The van der Waals surface area contributed by atoms with Gasteiger partial charge in [-0.15, -0.1) is 11.8 Å². The largest absolute Gasteiger partial charge is 0.493 e. The molecule has 0 radical (unpaired) electrons. The first-order chi connectivity index (χ1) is 21.3. The van der Waals surface area contributed by atoms with Crippen molar-refractivity contribution in [1.29, 1.82) is 0 Å². The summed E-state index contributed by atoms with van der Waals surface area (Å²) in [5.41, 5.74) is 3.18. The zero-order chi connectivity index (χ0) is 31.5. The van der Waals surface area contributed by atoms with Crippen LogP contribution in [0, 0.1) is 6.92 Å². The summed E-state index contributed by atoms with van der Waals surface area (Å²) >= 11 is 7.62. The van der Waals surface area contributed by atoms with Gasteiger partial charge in [-0.25, -0.2) is 0 Å². The molecule has 0 bridgehead atoms. The van der Waals surface area contributed by atoms with Gasteiger partial charge in [0.2, 0.25) is 5.91 Å². The molecule has 44 heavy (non-hydrogen) atoms. The highest BCUT2D eigenvalue weighted by Gasteiger charge is 2.20. The minimum atomic E-state index is -0.510. The number of nitrogens with one attached hydrogen (secondary N) is 3. The average molecular weight is 628 g/mol. The smallest absolute Gasteiger partial charge is 0.272 e. The van der Waals surface area contributed by atoms with E-state index in [-0.39, 0.29) is 16.9 Å². The number of hydrogen-bond acceptors (Lipinski definition) is 5. The second-order valence-corrected chi connectivity index (χ2v) is 11.5. The summed E-state index contributed by atoms with van der Waals surface area (Å²) in [6, 6.07) is 28.6. The van der Waals surface area contributed by atoms with Gasteiger partial charge in [-0.3, -0.25) is 14.4 Å². The molecule has 0 spiro atoms. The van der Waals surface area contributed by atoms with Crippen LogP contribution >= 0.6 is 23.4 Å². The molecule has 7 nitrogen and oxygen atoms in total. The molecule has 1 atom stereocenters. The topological polar surface area (TPSA) is 96.5 Å². The highest BCUT2D eigenvalue weighted by molar-refractivity contribution is 8.00. The highest BCUT2D eigenvalue weighted by Crippen LogP contribution is 2.29. The van der Waals surface area contributed by atoms with Crippen LogP contribution in [0.15, 0.2) is 108 Å². The van der Waals surface area contributed by atoms with Gasteiger partial charge in [0, 0.05) is 32.4 Å². The van der Waals surface area contributed by atoms with Crippen LogP contribution in [0.4, 0.5) is 11.4 Å². The molecule has 0 aliphatic heterocycles. The third-order valence-corrected chi connectivity index (χ3v) is 8.29. The van der Waals surface area contributed by atoms with Crippen molar-refractivity contribution in [3.63, 3.8) is 0 Å². The number of para-hydroxylation sites is 1. The lowest BCUT2D eigenvalue weighted by atomic mass is 10.1. The molecule has 4 aromatic carbocycles. The molecule has 9 heteroatoms. The first-order valence-corrected chi connectivity index (χ1v) is 15.5. The van der Waals surface area contributed by atoms with Gasteiger partial charge in [-0.1, -0.05) is 67.1 Å². The van der Waals surface area contributed by atoms with Gasteiger partial charge < -0.3 is 20.7 Å². The first kappa shape index (κ1) is 32.4. The monoisotopic (exact) mass is 627 g/mol. The van der Waals surface area contributed by atoms with E-state index in [4.69, 9.17) is 16.3 Å². The number of rotatable bonds is 12. The first-order valence-electron chi connectivity index (χ1n) is 14.2. The average Bonchev–Trinajstić information content (AvgIpc) is 3.02. The molecule has 0 fully saturated rings. The third-order valence-electron chi connectivity index (χ3n) is 6.52. The van der Waals surface area contributed by atoms with E-state index in [1.807, 2.05) is 63.2 Å². The van der Waals surface area contributed by atoms with Crippen molar-refractivity contribution in [2.24, 2.45) is 0 Å². The Bertz CT molecular complexity index is 1660. The molecule has 0 aromatic heterocycles. The van der Waals surface area contributed by atoms with E-state index in [1.165, 1.54) is 11.8 Å². The number of amides is 3. The van der Waals surface area contributed by atoms with Gasteiger partial charge in [0.15, 0.2) is 0 Å². The zero-order valence-electron chi connectivity index (χ0n) is 24.7. The van der Waals surface area contributed by atoms with Crippen molar-refractivity contribution >= 4 is 58.5 Å². The Labute approximate surface area is 267 Å². The van der Waals surface area contributed by atoms with Crippen molar-refractivity contribution in [3.05, 3.63) is 124 Å². The fourth-order valence-electron chi connectivity index (χ4n) is 4.21.